The Balaban J connectivity index is 1.75. The van der Waals surface area contributed by atoms with Gasteiger partial charge < -0.3 is 9.80 Å². The third-order valence-electron chi connectivity index (χ3n) is 4.18. The highest BCUT2D eigenvalue weighted by Crippen LogP contribution is 2.27. The molecule has 24 heavy (non-hydrogen) atoms. The molecule has 0 spiro atoms. The van der Waals surface area contributed by atoms with Crippen molar-refractivity contribution in [3.8, 4) is 0 Å². The summed E-state index contributed by atoms with van der Waals surface area (Å²) in [7, 11) is 2.09. The van der Waals surface area contributed by atoms with Gasteiger partial charge in [0.05, 0.1) is 6.04 Å². The molecule has 1 aromatic heterocycles. The first-order valence-corrected chi connectivity index (χ1v) is 9.00. The van der Waals surface area contributed by atoms with Crippen LogP contribution in [-0.4, -0.2) is 52.7 Å². The van der Waals surface area contributed by atoms with E-state index in [-0.39, 0.29) is 12.1 Å². The van der Waals surface area contributed by atoms with Crippen LogP contribution in [0.3, 0.4) is 0 Å². The number of aromatic nitrogens is 2. The smallest absolute Gasteiger partial charge is 0.315 e. The molecule has 3 rings (SSSR count). The second-order valence-electron chi connectivity index (χ2n) is 6.41. The normalized spacial score (nSPS) is 18.8. The van der Waals surface area contributed by atoms with Gasteiger partial charge in [-0.15, -0.1) is 10.2 Å². The van der Waals surface area contributed by atoms with Gasteiger partial charge >= 0.3 is 6.03 Å². The van der Waals surface area contributed by atoms with Crippen LogP contribution in [0.2, 0.25) is 0 Å². The van der Waals surface area contributed by atoms with E-state index >= 15 is 0 Å². The maximum absolute atomic E-state index is 12.8. The van der Waals surface area contributed by atoms with Crippen molar-refractivity contribution in [3.05, 3.63) is 40.9 Å². The molecule has 0 aliphatic carbocycles. The van der Waals surface area contributed by atoms with Crippen molar-refractivity contribution in [2.75, 3.05) is 32.0 Å². The lowest BCUT2D eigenvalue weighted by Gasteiger charge is -2.40. The maximum atomic E-state index is 12.8. The summed E-state index contributed by atoms with van der Waals surface area (Å²) >= 11 is 1.44. The van der Waals surface area contributed by atoms with Gasteiger partial charge in [0.15, 0.2) is 0 Å². The molecule has 0 saturated carbocycles. The molecule has 1 fully saturated rings. The highest BCUT2D eigenvalue weighted by Gasteiger charge is 2.30. The minimum atomic E-state index is -0.108. The molecule has 6 nitrogen and oxygen atoms in total. The summed E-state index contributed by atoms with van der Waals surface area (Å²) in [5.74, 6) is 0.314. The van der Waals surface area contributed by atoms with Gasteiger partial charge in [-0.25, -0.2) is 4.79 Å². The van der Waals surface area contributed by atoms with Crippen molar-refractivity contribution < 1.29 is 4.79 Å². The van der Waals surface area contributed by atoms with Crippen LogP contribution in [0.1, 0.15) is 36.4 Å². The molecule has 1 aliphatic rings. The van der Waals surface area contributed by atoms with E-state index in [9.17, 15) is 4.79 Å². The molecule has 0 bridgehead atoms. The molecule has 1 aromatic carbocycles. The Morgan fingerprint density at radius 1 is 1.25 bits per heavy atom. The van der Waals surface area contributed by atoms with Crippen LogP contribution in [0.25, 0.3) is 0 Å². The minimum absolute atomic E-state index is 0.0439. The number of nitrogens with zero attached hydrogens (tertiary/aromatic N) is 4. The number of nitrogens with one attached hydrogen (secondary N) is 1. The van der Waals surface area contributed by atoms with Gasteiger partial charge in [-0.3, -0.25) is 5.32 Å². The van der Waals surface area contributed by atoms with Gasteiger partial charge in [-0.2, -0.15) is 0 Å². The van der Waals surface area contributed by atoms with Crippen LogP contribution in [0.5, 0.6) is 0 Å². The van der Waals surface area contributed by atoms with Gasteiger partial charge in [-0.1, -0.05) is 55.5 Å². The Hall–Kier alpha value is -1.99. The van der Waals surface area contributed by atoms with Gasteiger partial charge in [0.25, 0.3) is 0 Å². The van der Waals surface area contributed by atoms with Crippen molar-refractivity contribution in [1.82, 2.24) is 20.0 Å². The van der Waals surface area contributed by atoms with E-state index in [0.29, 0.717) is 17.6 Å². The number of carbonyl (C=O) groups is 1. The number of likely N-dealkylation sites (N-methyl/N-ethyl adjacent to an activating group) is 1. The van der Waals surface area contributed by atoms with Crippen LogP contribution in [-0.2, 0) is 0 Å². The van der Waals surface area contributed by atoms with E-state index in [1.807, 2.05) is 23.1 Å². The van der Waals surface area contributed by atoms with E-state index in [1.165, 1.54) is 11.3 Å². The highest BCUT2D eigenvalue weighted by molar-refractivity contribution is 7.15. The van der Waals surface area contributed by atoms with E-state index in [1.54, 1.807) is 0 Å². The molecule has 1 atom stereocenters. The second kappa shape index (κ2) is 7.27. The number of benzene rings is 1. The Bertz CT molecular complexity index is 687. The Labute approximate surface area is 146 Å². The second-order valence-corrected chi connectivity index (χ2v) is 7.42. The van der Waals surface area contributed by atoms with Crippen molar-refractivity contribution >= 4 is 22.5 Å². The highest BCUT2D eigenvalue weighted by atomic mass is 32.1. The minimum Gasteiger partial charge on any atom is -0.315 e. The summed E-state index contributed by atoms with van der Waals surface area (Å²) < 4.78 is 0. The van der Waals surface area contributed by atoms with E-state index in [0.717, 1.165) is 23.7 Å². The third-order valence-corrected chi connectivity index (χ3v) is 5.32. The van der Waals surface area contributed by atoms with Crippen LogP contribution < -0.4 is 5.32 Å². The molecule has 1 aliphatic heterocycles. The average Bonchev–Trinajstić information content (AvgIpc) is 3.04. The molecule has 0 unspecified atom stereocenters. The van der Waals surface area contributed by atoms with E-state index in [2.05, 4.69) is 53.4 Å². The van der Waals surface area contributed by atoms with Gasteiger partial charge in [0.2, 0.25) is 5.13 Å². The van der Waals surface area contributed by atoms with Crippen LogP contribution >= 0.6 is 11.3 Å². The molecule has 1 N–H and O–H groups in total. The fourth-order valence-corrected chi connectivity index (χ4v) is 3.54. The number of carbonyl (C=O) groups excluding carboxylic acids is 1. The summed E-state index contributed by atoms with van der Waals surface area (Å²) in [5.41, 5.74) is 1.15. The summed E-state index contributed by atoms with van der Waals surface area (Å²) in [5, 5.41) is 12.6. The van der Waals surface area contributed by atoms with Crippen LogP contribution in [0, 0.1) is 0 Å². The number of piperazine rings is 1. The zero-order chi connectivity index (χ0) is 17.1. The predicted octanol–water partition coefficient (Wildman–Crippen LogP) is 3.18. The lowest BCUT2D eigenvalue weighted by molar-refractivity contribution is 0.116. The Kier molecular flexibility index (Phi) is 5.11. The molecule has 128 valence electrons. The first-order valence-electron chi connectivity index (χ1n) is 8.19. The summed E-state index contributed by atoms with van der Waals surface area (Å²) in [4.78, 5) is 16.9. The number of amides is 2. The SMILES string of the molecule is CC(C)c1nnc(NC(=O)N2CCN(C)C[C@H]2c2ccccc2)s1. The van der Waals surface area contributed by atoms with E-state index < -0.39 is 0 Å². The molecular weight excluding hydrogens is 322 g/mol. The van der Waals surface area contributed by atoms with Crippen LogP contribution in [0.4, 0.5) is 9.93 Å². The van der Waals surface area contributed by atoms with E-state index in [4.69, 9.17) is 0 Å². The maximum Gasteiger partial charge on any atom is 0.324 e. The quantitative estimate of drug-likeness (QED) is 0.928. The Morgan fingerprint density at radius 2 is 2.00 bits per heavy atom. The molecule has 2 amide bonds. The third kappa shape index (κ3) is 3.73. The standard InChI is InChI=1S/C17H23N5OS/c1-12(2)15-19-20-16(24-15)18-17(23)22-10-9-21(3)11-14(22)13-7-5-4-6-8-13/h4-8,12,14H,9-11H2,1-3H3,(H,18,20,23)/t14-/m0/s1. The van der Waals surface area contributed by atoms with Crippen molar-refractivity contribution in [2.45, 2.75) is 25.8 Å². The number of urea groups is 1. The summed E-state index contributed by atoms with van der Waals surface area (Å²) in [6, 6.07) is 10.1. The molecule has 7 heteroatoms. The van der Waals surface area contributed by atoms with Gasteiger partial charge in [-0.05, 0) is 12.6 Å². The lowest BCUT2D eigenvalue weighted by Crippen LogP contribution is -2.50. The lowest BCUT2D eigenvalue weighted by atomic mass is 10.0. The molecule has 2 heterocycles. The number of hydrogen-bond donors (Lipinski definition) is 1. The van der Waals surface area contributed by atoms with Crippen LogP contribution in [0.15, 0.2) is 30.3 Å². The van der Waals surface area contributed by atoms with Crippen molar-refractivity contribution in [2.24, 2.45) is 0 Å². The largest absolute Gasteiger partial charge is 0.324 e. The fourth-order valence-electron chi connectivity index (χ4n) is 2.80. The van der Waals surface area contributed by atoms with Gasteiger partial charge in [0, 0.05) is 25.6 Å². The number of hydrogen-bond acceptors (Lipinski definition) is 5. The first-order chi connectivity index (χ1) is 11.5. The topological polar surface area (TPSA) is 61.4 Å². The first kappa shape index (κ1) is 16.9. The zero-order valence-corrected chi connectivity index (χ0v) is 15.1. The Morgan fingerprint density at radius 3 is 2.67 bits per heavy atom. The molecule has 1 saturated heterocycles. The number of anilines is 1. The molecule has 2 aromatic rings. The number of rotatable bonds is 3. The summed E-state index contributed by atoms with van der Waals surface area (Å²) in [6.45, 7) is 6.52. The molecular formula is C17H23N5OS. The monoisotopic (exact) mass is 345 g/mol. The van der Waals surface area contributed by atoms with Gasteiger partial charge in [0.1, 0.15) is 5.01 Å². The average molecular weight is 345 g/mol. The van der Waals surface area contributed by atoms with Crippen molar-refractivity contribution in [3.63, 3.8) is 0 Å². The molecule has 0 radical (unpaired) electrons. The summed E-state index contributed by atoms with van der Waals surface area (Å²) in [6.07, 6.45) is 0. The fraction of sp³-hybridized carbons (Fsp3) is 0.471. The van der Waals surface area contributed by atoms with Crippen molar-refractivity contribution in [1.29, 1.82) is 0 Å². The predicted molar refractivity (Wildman–Crippen MR) is 96.4 cm³/mol. The zero-order valence-electron chi connectivity index (χ0n) is 14.3.